The Bertz CT molecular complexity index is 573. The molecular weight excluding hydrogens is 310 g/mol. The van der Waals surface area contributed by atoms with Crippen LogP contribution < -0.4 is 10.1 Å². The van der Waals surface area contributed by atoms with Crippen molar-refractivity contribution in [2.45, 2.75) is 65.5 Å². The summed E-state index contributed by atoms with van der Waals surface area (Å²) in [6.07, 6.45) is 5.56. The van der Waals surface area contributed by atoms with Gasteiger partial charge in [-0.15, -0.1) is 0 Å². The van der Waals surface area contributed by atoms with Gasteiger partial charge in [0.1, 0.15) is 11.5 Å². The van der Waals surface area contributed by atoms with Crippen LogP contribution >= 0.6 is 0 Å². The van der Waals surface area contributed by atoms with Crippen LogP contribution in [0.5, 0.6) is 5.75 Å². The van der Waals surface area contributed by atoms with E-state index >= 15 is 0 Å². The second-order valence-corrected chi connectivity index (χ2v) is 7.45. The molecular formula is C22H33NO2. The molecule has 2 aromatic rings. The molecule has 0 saturated carbocycles. The average molecular weight is 344 g/mol. The van der Waals surface area contributed by atoms with E-state index in [1.807, 2.05) is 12.1 Å². The molecule has 0 aliphatic carbocycles. The third-order valence-electron chi connectivity index (χ3n) is 4.36. The van der Waals surface area contributed by atoms with Gasteiger partial charge in [-0.3, -0.25) is 0 Å². The zero-order valence-corrected chi connectivity index (χ0v) is 16.1. The highest BCUT2D eigenvalue weighted by Crippen LogP contribution is 2.28. The number of hydrogen-bond acceptors (Lipinski definition) is 3. The lowest BCUT2D eigenvalue weighted by Crippen LogP contribution is -2.17. The SMILES string of the molecule is CC(C)CC[C@@H](CCNCc1ccco1)c1ccc(OC(C)C)cc1. The molecule has 1 aromatic carbocycles. The highest BCUT2D eigenvalue weighted by Gasteiger charge is 2.13. The lowest BCUT2D eigenvalue weighted by Gasteiger charge is -2.19. The number of rotatable bonds is 11. The van der Waals surface area contributed by atoms with Crippen molar-refractivity contribution in [1.82, 2.24) is 5.32 Å². The standard InChI is InChI=1S/C22H33NO2/c1-17(2)7-8-20(13-14-23-16-22-6-5-15-24-22)19-9-11-21(12-10-19)25-18(3)4/h5-6,9-12,15,17-18,20,23H,7-8,13-14,16H2,1-4H3/t20-/m0/s1. The quantitative estimate of drug-likeness (QED) is 0.526. The second-order valence-electron chi connectivity index (χ2n) is 7.45. The largest absolute Gasteiger partial charge is 0.491 e. The van der Waals surface area contributed by atoms with E-state index in [1.165, 1.54) is 18.4 Å². The van der Waals surface area contributed by atoms with Crippen LogP contribution in [0.3, 0.4) is 0 Å². The Hall–Kier alpha value is -1.74. The van der Waals surface area contributed by atoms with Crippen LogP contribution in [0.15, 0.2) is 47.1 Å². The summed E-state index contributed by atoms with van der Waals surface area (Å²) in [6, 6.07) is 12.6. The summed E-state index contributed by atoms with van der Waals surface area (Å²) >= 11 is 0. The van der Waals surface area contributed by atoms with E-state index in [4.69, 9.17) is 9.15 Å². The summed E-state index contributed by atoms with van der Waals surface area (Å²) < 4.78 is 11.1. The van der Waals surface area contributed by atoms with Crippen LogP contribution in [0.1, 0.15) is 64.2 Å². The first-order valence-corrected chi connectivity index (χ1v) is 9.54. The maximum atomic E-state index is 5.76. The summed E-state index contributed by atoms with van der Waals surface area (Å²) in [7, 11) is 0. The Labute approximate surface area is 152 Å². The first-order chi connectivity index (χ1) is 12.0. The molecule has 2 rings (SSSR count). The molecule has 25 heavy (non-hydrogen) atoms. The smallest absolute Gasteiger partial charge is 0.119 e. The fourth-order valence-corrected chi connectivity index (χ4v) is 3.00. The number of hydrogen-bond donors (Lipinski definition) is 1. The molecule has 1 aromatic heterocycles. The normalized spacial score (nSPS) is 12.7. The summed E-state index contributed by atoms with van der Waals surface area (Å²) in [5.41, 5.74) is 1.41. The zero-order valence-electron chi connectivity index (χ0n) is 16.1. The third kappa shape index (κ3) is 7.35. The van der Waals surface area contributed by atoms with E-state index < -0.39 is 0 Å². The van der Waals surface area contributed by atoms with Gasteiger partial charge < -0.3 is 14.5 Å². The summed E-state index contributed by atoms with van der Waals surface area (Å²) in [5, 5.41) is 3.49. The van der Waals surface area contributed by atoms with Crippen LogP contribution in [0.25, 0.3) is 0 Å². The minimum atomic E-state index is 0.216. The van der Waals surface area contributed by atoms with Crippen LogP contribution in [-0.4, -0.2) is 12.6 Å². The maximum absolute atomic E-state index is 5.76. The molecule has 3 nitrogen and oxygen atoms in total. The van der Waals surface area contributed by atoms with Gasteiger partial charge in [-0.2, -0.15) is 0 Å². The van der Waals surface area contributed by atoms with Crippen LogP contribution in [-0.2, 0) is 6.54 Å². The third-order valence-corrected chi connectivity index (χ3v) is 4.36. The highest BCUT2D eigenvalue weighted by atomic mass is 16.5. The van der Waals surface area contributed by atoms with Crippen LogP contribution in [0.2, 0.25) is 0 Å². The topological polar surface area (TPSA) is 34.4 Å². The van der Waals surface area contributed by atoms with E-state index in [2.05, 4.69) is 57.3 Å². The van der Waals surface area contributed by atoms with Gasteiger partial charge in [-0.25, -0.2) is 0 Å². The van der Waals surface area contributed by atoms with E-state index in [1.54, 1.807) is 6.26 Å². The molecule has 0 aliphatic heterocycles. The Kier molecular flexibility index (Phi) is 8.07. The molecule has 0 spiro atoms. The van der Waals surface area contributed by atoms with Gasteiger partial charge in [0.15, 0.2) is 0 Å². The molecule has 3 heteroatoms. The monoisotopic (exact) mass is 343 g/mol. The average Bonchev–Trinajstić information content (AvgIpc) is 3.08. The molecule has 0 amide bonds. The van der Waals surface area contributed by atoms with E-state index in [-0.39, 0.29) is 6.10 Å². The molecule has 0 unspecified atom stereocenters. The number of furan rings is 1. The van der Waals surface area contributed by atoms with Crippen molar-refractivity contribution < 1.29 is 9.15 Å². The fraction of sp³-hybridized carbons (Fsp3) is 0.545. The molecule has 138 valence electrons. The predicted octanol–water partition coefficient (Wildman–Crippen LogP) is 5.77. The van der Waals surface area contributed by atoms with Crippen LogP contribution in [0.4, 0.5) is 0 Å². The van der Waals surface area contributed by atoms with Gasteiger partial charge in [0.05, 0.1) is 18.9 Å². The van der Waals surface area contributed by atoms with E-state index in [9.17, 15) is 0 Å². The number of nitrogens with one attached hydrogen (secondary N) is 1. The first kappa shape index (κ1) is 19.6. The molecule has 1 N–H and O–H groups in total. The lowest BCUT2D eigenvalue weighted by molar-refractivity contribution is 0.242. The van der Waals surface area contributed by atoms with Crippen molar-refractivity contribution in [2.24, 2.45) is 5.92 Å². The predicted molar refractivity (Wildman–Crippen MR) is 104 cm³/mol. The Balaban J connectivity index is 1.89. The second kappa shape index (κ2) is 10.3. The summed E-state index contributed by atoms with van der Waals surface area (Å²) in [4.78, 5) is 0. The highest BCUT2D eigenvalue weighted by molar-refractivity contribution is 5.29. The first-order valence-electron chi connectivity index (χ1n) is 9.54. The molecule has 0 saturated heterocycles. The van der Waals surface area contributed by atoms with Crippen molar-refractivity contribution in [3.63, 3.8) is 0 Å². The van der Waals surface area contributed by atoms with Crippen molar-refractivity contribution in [1.29, 1.82) is 0 Å². The Morgan fingerprint density at radius 2 is 1.72 bits per heavy atom. The van der Waals surface area contributed by atoms with Gasteiger partial charge in [-0.05, 0) is 74.9 Å². The molecule has 0 radical (unpaired) electrons. The summed E-state index contributed by atoms with van der Waals surface area (Å²) in [5.74, 6) is 3.27. The Morgan fingerprint density at radius 3 is 2.32 bits per heavy atom. The minimum absolute atomic E-state index is 0.216. The number of benzene rings is 1. The number of ether oxygens (including phenoxy) is 1. The lowest BCUT2D eigenvalue weighted by atomic mass is 9.89. The molecule has 0 bridgehead atoms. The molecule has 1 atom stereocenters. The van der Waals surface area contributed by atoms with Crippen LogP contribution in [0, 0.1) is 5.92 Å². The van der Waals surface area contributed by atoms with E-state index in [0.29, 0.717) is 5.92 Å². The van der Waals surface area contributed by atoms with Gasteiger partial charge in [0.2, 0.25) is 0 Å². The van der Waals surface area contributed by atoms with Gasteiger partial charge >= 0.3 is 0 Å². The van der Waals surface area contributed by atoms with Crippen molar-refractivity contribution >= 4 is 0 Å². The van der Waals surface area contributed by atoms with Gasteiger partial charge in [-0.1, -0.05) is 32.4 Å². The fourth-order valence-electron chi connectivity index (χ4n) is 3.00. The van der Waals surface area contributed by atoms with Crippen molar-refractivity contribution in [3.8, 4) is 5.75 Å². The molecule has 0 fully saturated rings. The molecule has 0 aliphatic rings. The Morgan fingerprint density at radius 1 is 0.960 bits per heavy atom. The van der Waals surface area contributed by atoms with Crippen molar-refractivity contribution in [2.75, 3.05) is 6.54 Å². The minimum Gasteiger partial charge on any atom is -0.491 e. The summed E-state index contributed by atoms with van der Waals surface area (Å²) in [6.45, 7) is 10.5. The van der Waals surface area contributed by atoms with Gasteiger partial charge in [0.25, 0.3) is 0 Å². The molecule has 1 heterocycles. The van der Waals surface area contributed by atoms with E-state index in [0.717, 1.165) is 36.9 Å². The maximum Gasteiger partial charge on any atom is 0.119 e. The zero-order chi connectivity index (χ0) is 18.1. The van der Waals surface area contributed by atoms with Gasteiger partial charge in [0, 0.05) is 0 Å². The van der Waals surface area contributed by atoms with Crippen molar-refractivity contribution in [3.05, 3.63) is 54.0 Å².